The SMILES string of the molecule is CNc1ccc(Nc2cc(Nc3n[nH]c4ccccc34)ccn2)cc1. The summed E-state index contributed by atoms with van der Waals surface area (Å²) in [4.78, 5) is 4.37. The van der Waals surface area contributed by atoms with Crippen molar-refractivity contribution in [3.05, 3.63) is 66.9 Å². The molecule has 0 fully saturated rings. The molecule has 6 heteroatoms. The Morgan fingerprint density at radius 3 is 2.48 bits per heavy atom. The average molecular weight is 330 g/mol. The largest absolute Gasteiger partial charge is 0.388 e. The van der Waals surface area contributed by atoms with Gasteiger partial charge in [0, 0.05) is 41.8 Å². The van der Waals surface area contributed by atoms with E-state index in [1.807, 2.05) is 67.7 Å². The third kappa shape index (κ3) is 3.23. The van der Waals surface area contributed by atoms with Gasteiger partial charge < -0.3 is 16.0 Å². The van der Waals surface area contributed by atoms with Crippen LogP contribution >= 0.6 is 0 Å². The molecule has 0 bridgehead atoms. The molecule has 6 nitrogen and oxygen atoms in total. The van der Waals surface area contributed by atoms with E-state index in [0.717, 1.165) is 39.6 Å². The molecule has 124 valence electrons. The first-order valence-corrected chi connectivity index (χ1v) is 8.03. The number of aromatic nitrogens is 3. The molecule has 4 N–H and O–H groups in total. The monoisotopic (exact) mass is 330 g/mol. The van der Waals surface area contributed by atoms with Gasteiger partial charge in [0.2, 0.25) is 0 Å². The normalized spacial score (nSPS) is 10.6. The lowest BCUT2D eigenvalue weighted by atomic mass is 10.2. The first kappa shape index (κ1) is 15.0. The third-order valence-electron chi connectivity index (χ3n) is 3.94. The highest BCUT2D eigenvalue weighted by Crippen LogP contribution is 2.25. The minimum atomic E-state index is 0.766. The van der Waals surface area contributed by atoms with Crippen molar-refractivity contribution in [1.82, 2.24) is 15.2 Å². The number of nitrogens with zero attached hydrogens (tertiary/aromatic N) is 2. The van der Waals surface area contributed by atoms with Crippen molar-refractivity contribution < 1.29 is 0 Å². The molecule has 0 unspecified atom stereocenters. The van der Waals surface area contributed by atoms with Crippen LogP contribution in [0.1, 0.15) is 0 Å². The van der Waals surface area contributed by atoms with Gasteiger partial charge in [-0.15, -0.1) is 0 Å². The van der Waals surface area contributed by atoms with E-state index in [1.165, 1.54) is 0 Å². The fourth-order valence-electron chi connectivity index (χ4n) is 2.64. The summed E-state index contributed by atoms with van der Waals surface area (Å²) in [5.74, 6) is 1.56. The average Bonchev–Trinajstić information content (AvgIpc) is 3.06. The van der Waals surface area contributed by atoms with Crippen LogP contribution in [0.3, 0.4) is 0 Å². The second kappa shape index (κ2) is 6.52. The molecule has 0 radical (unpaired) electrons. The van der Waals surface area contributed by atoms with Crippen LogP contribution in [-0.4, -0.2) is 22.2 Å². The number of fused-ring (bicyclic) bond motifs is 1. The number of rotatable bonds is 5. The summed E-state index contributed by atoms with van der Waals surface area (Å²) in [5.41, 5.74) is 3.97. The number of benzene rings is 2. The van der Waals surface area contributed by atoms with Gasteiger partial charge in [-0.3, -0.25) is 5.10 Å². The molecule has 2 aromatic carbocycles. The molecule has 0 spiro atoms. The molecule has 0 amide bonds. The summed E-state index contributed by atoms with van der Waals surface area (Å²) in [6.07, 6.45) is 1.77. The molecule has 0 saturated carbocycles. The smallest absolute Gasteiger partial charge is 0.160 e. The zero-order valence-electron chi connectivity index (χ0n) is 13.7. The van der Waals surface area contributed by atoms with Gasteiger partial charge in [-0.1, -0.05) is 12.1 Å². The molecular weight excluding hydrogens is 312 g/mol. The fourth-order valence-corrected chi connectivity index (χ4v) is 2.64. The topological polar surface area (TPSA) is 77.7 Å². The summed E-state index contributed by atoms with van der Waals surface area (Å²) in [6.45, 7) is 0. The number of para-hydroxylation sites is 1. The second-order valence-electron chi connectivity index (χ2n) is 5.62. The molecule has 25 heavy (non-hydrogen) atoms. The van der Waals surface area contributed by atoms with Gasteiger partial charge in [-0.25, -0.2) is 4.98 Å². The summed E-state index contributed by atoms with van der Waals surface area (Å²) >= 11 is 0. The van der Waals surface area contributed by atoms with Crippen molar-refractivity contribution in [3.8, 4) is 0 Å². The van der Waals surface area contributed by atoms with Gasteiger partial charge in [-0.2, -0.15) is 5.10 Å². The van der Waals surface area contributed by atoms with Crippen LogP contribution in [0.25, 0.3) is 10.9 Å². The third-order valence-corrected chi connectivity index (χ3v) is 3.94. The van der Waals surface area contributed by atoms with Gasteiger partial charge in [0.1, 0.15) is 5.82 Å². The maximum Gasteiger partial charge on any atom is 0.160 e. The number of pyridine rings is 1. The van der Waals surface area contributed by atoms with E-state index in [2.05, 4.69) is 31.1 Å². The van der Waals surface area contributed by atoms with Gasteiger partial charge >= 0.3 is 0 Å². The van der Waals surface area contributed by atoms with Crippen molar-refractivity contribution in [2.24, 2.45) is 0 Å². The first-order chi connectivity index (χ1) is 12.3. The minimum absolute atomic E-state index is 0.766. The van der Waals surface area contributed by atoms with E-state index in [4.69, 9.17) is 0 Å². The van der Waals surface area contributed by atoms with E-state index in [9.17, 15) is 0 Å². The standard InChI is InChI=1S/C19H18N6/c1-20-13-6-8-14(9-7-13)22-18-12-15(10-11-21-18)23-19-16-4-2-3-5-17(16)24-25-19/h2-12,20H,1H3,(H3,21,22,23,24,25). The van der Waals surface area contributed by atoms with Crippen LogP contribution in [0.15, 0.2) is 66.9 Å². The van der Waals surface area contributed by atoms with Crippen molar-refractivity contribution in [3.63, 3.8) is 0 Å². The Labute approximate surface area is 145 Å². The lowest BCUT2D eigenvalue weighted by Gasteiger charge is -2.09. The zero-order chi connectivity index (χ0) is 17.1. The molecule has 0 atom stereocenters. The molecule has 0 saturated heterocycles. The first-order valence-electron chi connectivity index (χ1n) is 8.03. The highest BCUT2D eigenvalue weighted by atomic mass is 15.2. The van der Waals surface area contributed by atoms with E-state index in [-0.39, 0.29) is 0 Å². The Balaban J connectivity index is 1.54. The number of hydrogen-bond acceptors (Lipinski definition) is 5. The Morgan fingerprint density at radius 1 is 0.840 bits per heavy atom. The maximum absolute atomic E-state index is 4.37. The Kier molecular flexibility index (Phi) is 3.92. The van der Waals surface area contributed by atoms with Crippen LogP contribution < -0.4 is 16.0 Å². The van der Waals surface area contributed by atoms with Crippen LogP contribution in [0.5, 0.6) is 0 Å². The van der Waals surface area contributed by atoms with Crippen LogP contribution in [0.4, 0.5) is 28.7 Å². The highest BCUT2D eigenvalue weighted by molar-refractivity contribution is 5.91. The van der Waals surface area contributed by atoms with Crippen molar-refractivity contribution in [1.29, 1.82) is 0 Å². The van der Waals surface area contributed by atoms with Crippen LogP contribution in [0.2, 0.25) is 0 Å². The second-order valence-corrected chi connectivity index (χ2v) is 5.62. The quantitative estimate of drug-likeness (QED) is 0.434. The van der Waals surface area contributed by atoms with Gasteiger partial charge in [-0.05, 0) is 42.5 Å². The lowest BCUT2D eigenvalue weighted by molar-refractivity contribution is 1.12. The van der Waals surface area contributed by atoms with Crippen LogP contribution in [0, 0.1) is 0 Å². The minimum Gasteiger partial charge on any atom is -0.388 e. The molecule has 4 aromatic rings. The molecular formula is C19H18N6. The predicted molar refractivity (Wildman–Crippen MR) is 103 cm³/mol. The Hall–Kier alpha value is -3.54. The van der Waals surface area contributed by atoms with Crippen molar-refractivity contribution in [2.45, 2.75) is 0 Å². The number of anilines is 5. The van der Waals surface area contributed by atoms with Crippen LogP contribution in [-0.2, 0) is 0 Å². The fraction of sp³-hybridized carbons (Fsp3) is 0.0526. The Bertz CT molecular complexity index is 990. The highest BCUT2D eigenvalue weighted by Gasteiger charge is 2.06. The van der Waals surface area contributed by atoms with E-state index >= 15 is 0 Å². The van der Waals surface area contributed by atoms with Gasteiger partial charge in [0.25, 0.3) is 0 Å². The van der Waals surface area contributed by atoms with Gasteiger partial charge in [0.05, 0.1) is 5.52 Å². The van der Waals surface area contributed by atoms with Crippen molar-refractivity contribution >= 4 is 39.6 Å². The molecule has 2 heterocycles. The maximum atomic E-state index is 4.37. The number of hydrogen-bond donors (Lipinski definition) is 4. The summed E-state index contributed by atoms with van der Waals surface area (Å²) in [5, 5.41) is 18.2. The van der Waals surface area contributed by atoms with Crippen molar-refractivity contribution in [2.75, 3.05) is 23.0 Å². The van der Waals surface area contributed by atoms with E-state index in [0.29, 0.717) is 0 Å². The van der Waals surface area contributed by atoms with E-state index < -0.39 is 0 Å². The lowest BCUT2D eigenvalue weighted by Crippen LogP contribution is -1.97. The number of aromatic amines is 1. The zero-order valence-corrected chi connectivity index (χ0v) is 13.7. The molecule has 2 aromatic heterocycles. The number of nitrogens with one attached hydrogen (secondary N) is 4. The Morgan fingerprint density at radius 2 is 1.64 bits per heavy atom. The summed E-state index contributed by atoms with van der Waals surface area (Å²) in [7, 11) is 1.90. The predicted octanol–water partition coefficient (Wildman–Crippen LogP) is 4.49. The molecule has 0 aliphatic rings. The molecule has 4 rings (SSSR count). The summed E-state index contributed by atoms with van der Waals surface area (Å²) in [6, 6.07) is 19.9. The van der Waals surface area contributed by atoms with E-state index in [1.54, 1.807) is 6.20 Å². The van der Waals surface area contributed by atoms with Gasteiger partial charge in [0.15, 0.2) is 5.82 Å². The molecule has 0 aliphatic carbocycles. The number of H-pyrrole nitrogens is 1. The molecule has 0 aliphatic heterocycles. The summed E-state index contributed by atoms with van der Waals surface area (Å²) < 4.78 is 0.